The maximum atomic E-state index is 11.6. The van der Waals surface area contributed by atoms with Gasteiger partial charge in [0.05, 0.1) is 19.0 Å². The van der Waals surface area contributed by atoms with Crippen LogP contribution in [0.25, 0.3) is 0 Å². The summed E-state index contributed by atoms with van der Waals surface area (Å²) in [4.78, 5) is 11.6. The zero-order chi connectivity index (χ0) is 25.4. The zero-order valence-corrected chi connectivity index (χ0v) is 22.0. The van der Waals surface area contributed by atoms with Crippen LogP contribution >= 0.6 is 0 Å². The fourth-order valence-corrected chi connectivity index (χ4v) is 10.3. The van der Waals surface area contributed by atoms with Gasteiger partial charge in [0.15, 0.2) is 0 Å². The van der Waals surface area contributed by atoms with E-state index in [-0.39, 0.29) is 40.6 Å². The number of carboxylic acid groups (broad SMARTS) is 1. The Kier molecular flexibility index (Phi) is 5.88. The van der Waals surface area contributed by atoms with Crippen LogP contribution in [-0.2, 0) is 11.2 Å². The van der Waals surface area contributed by atoms with E-state index in [1.165, 1.54) is 12.0 Å². The standard InChI is InChI=1S/C30H44O5/c1-18-12-21(35-16-18)13-19(2)22-6-8-28(5)24-14-23(32)26(20(3)15-31)30(9-7-25(33)34)17-29(24,30)11-10-27(22,28)4/h12,16,19,22-24,26,31-32H,3,6-11,13-15,17H2,1-2,4-5H3,(H,33,34)/t19-,22-,23?,24+,26-,27-,28+,29+,30-/m1/s1. The topological polar surface area (TPSA) is 90.9 Å². The Hall–Kier alpha value is -1.59. The number of aliphatic hydroxyl groups excluding tert-OH is 2. The Bertz CT molecular complexity index is 1010. The predicted octanol–water partition coefficient (Wildman–Crippen LogP) is 5.77. The van der Waals surface area contributed by atoms with Crippen molar-refractivity contribution in [1.29, 1.82) is 0 Å². The van der Waals surface area contributed by atoms with Crippen molar-refractivity contribution in [3.05, 3.63) is 35.8 Å². The molecule has 3 N–H and O–H groups in total. The largest absolute Gasteiger partial charge is 0.481 e. The van der Waals surface area contributed by atoms with Gasteiger partial charge in [-0.2, -0.15) is 0 Å². The van der Waals surface area contributed by atoms with Crippen molar-refractivity contribution in [3.8, 4) is 0 Å². The van der Waals surface area contributed by atoms with Gasteiger partial charge in [-0.25, -0.2) is 0 Å². The second-order valence-electron chi connectivity index (χ2n) is 13.3. The fourth-order valence-electron chi connectivity index (χ4n) is 10.3. The normalized spacial score (nSPS) is 44.7. The highest BCUT2D eigenvalue weighted by atomic mass is 16.4. The highest BCUT2D eigenvalue weighted by molar-refractivity contribution is 5.67. The highest BCUT2D eigenvalue weighted by Crippen LogP contribution is 2.87. The predicted molar refractivity (Wildman–Crippen MR) is 135 cm³/mol. The lowest BCUT2D eigenvalue weighted by Crippen LogP contribution is -2.57. The van der Waals surface area contributed by atoms with E-state index in [1.54, 1.807) is 0 Å². The van der Waals surface area contributed by atoms with Crippen molar-refractivity contribution in [3.63, 3.8) is 0 Å². The molecule has 4 aliphatic rings. The quantitative estimate of drug-likeness (QED) is 0.408. The van der Waals surface area contributed by atoms with Crippen LogP contribution in [0.1, 0.15) is 83.5 Å². The van der Waals surface area contributed by atoms with Crippen molar-refractivity contribution in [2.45, 2.75) is 91.6 Å². The number of carboxylic acids is 1. The lowest BCUT2D eigenvalue weighted by Gasteiger charge is -2.61. The lowest BCUT2D eigenvalue weighted by molar-refractivity contribution is -0.150. The number of aliphatic carboxylic acids is 1. The van der Waals surface area contributed by atoms with Gasteiger partial charge in [-0.05, 0) is 108 Å². The van der Waals surface area contributed by atoms with Gasteiger partial charge in [0.2, 0.25) is 0 Å². The summed E-state index contributed by atoms with van der Waals surface area (Å²) in [6.07, 6.45) is 9.24. The van der Waals surface area contributed by atoms with Crippen LogP contribution in [0.5, 0.6) is 0 Å². The molecule has 194 valence electrons. The van der Waals surface area contributed by atoms with E-state index in [1.807, 2.05) is 6.26 Å². The van der Waals surface area contributed by atoms with Crippen LogP contribution in [0, 0.1) is 52.3 Å². The molecule has 0 radical (unpaired) electrons. The van der Waals surface area contributed by atoms with Gasteiger partial charge in [0.1, 0.15) is 5.76 Å². The summed E-state index contributed by atoms with van der Waals surface area (Å²) >= 11 is 0. The second-order valence-corrected chi connectivity index (χ2v) is 13.3. The van der Waals surface area contributed by atoms with Gasteiger partial charge in [0, 0.05) is 18.8 Å². The number of hydrogen-bond acceptors (Lipinski definition) is 4. The Morgan fingerprint density at radius 3 is 2.63 bits per heavy atom. The minimum absolute atomic E-state index is 0.0645. The van der Waals surface area contributed by atoms with Gasteiger partial charge in [-0.3, -0.25) is 4.79 Å². The van der Waals surface area contributed by atoms with Crippen molar-refractivity contribution in [2.75, 3.05) is 6.61 Å². The van der Waals surface area contributed by atoms with Crippen LogP contribution in [0.15, 0.2) is 28.9 Å². The molecule has 4 aliphatic carbocycles. The molecule has 4 fully saturated rings. The first-order chi connectivity index (χ1) is 16.4. The molecule has 1 spiro atoms. The fraction of sp³-hybridized carbons (Fsp3) is 0.767. The van der Waals surface area contributed by atoms with E-state index >= 15 is 0 Å². The Morgan fingerprint density at radius 2 is 2.00 bits per heavy atom. The van der Waals surface area contributed by atoms with Gasteiger partial charge in [-0.1, -0.05) is 27.4 Å². The Morgan fingerprint density at radius 1 is 1.26 bits per heavy atom. The van der Waals surface area contributed by atoms with E-state index in [0.29, 0.717) is 29.7 Å². The number of furan rings is 1. The third-order valence-corrected chi connectivity index (χ3v) is 12.0. The van der Waals surface area contributed by atoms with E-state index in [0.717, 1.165) is 44.3 Å². The van der Waals surface area contributed by atoms with E-state index in [2.05, 4.69) is 40.3 Å². The highest BCUT2D eigenvalue weighted by Gasteiger charge is 2.81. The molecule has 1 heterocycles. The summed E-state index contributed by atoms with van der Waals surface area (Å²) in [5.74, 6) is 1.60. The number of fused-ring (bicyclic) bond motifs is 2. The van der Waals surface area contributed by atoms with Crippen molar-refractivity contribution in [2.24, 2.45) is 45.3 Å². The average Bonchev–Trinajstić information content (AvgIpc) is 3.13. The SMILES string of the molecule is C=C(CO)[C@@H]1C(O)C[C@@H]2[C@]3(CC[C@]4(C)[C@@H]([C@H](C)Cc5cc(C)co5)CC[C@@]24C)C[C@]13CCC(=O)O. The summed E-state index contributed by atoms with van der Waals surface area (Å²) in [6.45, 7) is 13.4. The summed E-state index contributed by atoms with van der Waals surface area (Å²) in [5, 5.41) is 31.0. The van der Waals surface area contributed by atoms with Gasteiger partial charge < -0.3 is 19.7 Å². The van der Waals surface area contributed by atoms with Crippen molar-refractivity contribution >= 4 is 5.97 Å². The summed E-state index contributed by atoms with van der Waals surface area (Å²) in [6, 6.07) is 2.16. The molecular weight excluding hydrogens is 440 g/mol. The smallest absolute Gasteiger partial charge is 0.303 e. The second kappa shape index (κ2) is 8.21. The summed E-state index contributed by atoms with van der Waals surface area (Å²) < 4.78 is 5.81. The molecule has 0 bridgehead atoms. The molecule has 1 unspecified atom stereocenters. The zero-order valence-electron chi connectivity index (χ0n) is 22.0. The maximum absolute atomic E-state index is 11.6. The maximum Gasteiger partial charge on any atom is 0.303 e. The first kappa shape index (κ1) is 25.1. The van der Waals surface area contributed by atoms with Crippen molar-refractivity contribution in [1.82, 2.24) is 0 Å². The molecule has 5 rings (SSSR count). The minimum Gasteiger partial charge on any atom is -0.481 e. The molecule has 4 saturated carbocycles. The molecule has 1 aromatic rings. The molecular formula is C30H44O5. The number of rotatable bonds is 8. The van der Waals surface area contributed by atoms with Gasteiger partial charge >= 0.3 is 5.97 Å². The van der Waals surface area contributed by atoms with Gasteiger partial charge in [-0.15, -0.1) is 0 Å². The number of hydrogen-bond donors (Lipinski definition) is 3. The van der Waals surface area contributed by atoms with E-state index in [9.17, 15) is 20.1 Å². The van der Waals surface area contributed by atoms with E-state index in [4.69, 9.17) is 4.42 Å². The molecule has 0 aromatic carbocycles. The van der Waals surface area contributed by atoms with Crippen LogP contribution in [-0.4, -0.2) is 34.0 Å². The van der Waals surface area contributed by atoms with E-state index < -0.39 is 12.1 Å². The molecule has 5 nitrogen and oxygen atoms in total. The lowest BCUT2D eigenvalue weighted by atomic mass is 9.43. The van der Waals surface area contributed by atoms with Crippen molar-refractivity contribution < 1.29 is 24.5 Å². The van der Waals surface area contributed by atoms with Gasteiger partial charge in [0.25, 0.3) is 0 Å². The molecule has 0 aliphatic heterocycles. The first-order valence-corrected chi connectivity index (χ1v) is 13.7. The Balaban J connectivity index is 1.46. The minimum atomic E-state index is -0.777. The molecule has 35 heavy (non-hydrogen) atoms. The molecule has 0 amide bonds. The molecule has 5 heteroatoms. The van der Waals surface area contributed by atoms with Crippen LogP contribution in [0.4, 0.5) is 0 Å². The summed E-state index contributed by atoms with van der Waals surface area (Å²) in [5.41, 5.74) is 1.98. The third kappa shape index (κ3) is 3.36. The third-order valence-electron chi connectivity index (χ3n) is 12.0. The monoisotopic (exact) mass is 484 g/mol. The van der Waals surface area contributed by atoms with Crippen LogP contribution < -0.4 is 0 Å². The number of aryl methyl sites for hydroxylation is 1. The number of carbonyl (C=O) groups is 1. The molecule has 1 aromatic heterocycles. The summed E-state index contributed by atoms with van der Waals surface area (Å²) in [7, 11) is 0. The Labute approximate surface area is 210 Å². The number of aliphatic hydroxyl groups is 2. The molecule has 9 atom stereocenters. The van der Waals surface area contributed by atoms with Crippen LogP contribution in [0.3, 0.4) is 0 Å². The van der Waals surface area contributed by atoms with Crippen LogP contribution in [0.2, 0.25) is 0 Å². The first-order valence-electron chi connectivity index (χ1n) is 13.7. The molecule has 0 saturated heterocycles. The average molecular weight is 485 g/mol.